The Labute approximate surface area is 720 Å². The van der Waals surface area contributed by atoms with Gasteiger partial charge in [0.25, 0.3) is 0 Å². The molecule has 6 atom stereocenters. The summed E-state index contributed by atoms with van der Waals surface area (Å²) in [6.07, 6.45) is 10.1. The van der Waals surface area contributed by atoms with E-state index in [0.29, 0.717) is 88.3 Å². The Kier molecular flexibility index (Phi) is 30.8. The third kappa shape index (κ3) is 24.4. The number of halogens is 4. The molecule has 15 rings (SSSR count). The van der Waals surface area contributed by atoms with Gasteiger partial charge in [0.05, 0.1) is 70.3 Å². The highest BCUT2D eigenvalue weighted by molar-refractivity contribution is 6.63. The molecule has 0 spiro atoms. The van der Waals surface area contributed by atoms with E-state index in [9.17, 15) is 37.1 Å². The van der Waals surface area contributed by atoms with E-state index in [2.05, 4.69) is 61.3 Å². The van der Waals surface area contributed by atoms with Crippen LogP contribution in [0.15, 0.2) is 237 Å². The van der Waals surface area contributed by atoms with E-state index in [-0.39, 0.29) is 66.3 Å². The van der Waals surface area contributed by atoms with Gasteiger partial charge in [-0.05, 0) is 181 Å². The van der Waals surface area contributed by atoms with Crippen LogP contribution in [0.3, 0.4) is 0 Å². The Bertz CT molecular complexity index is 5480. The van der Waals surface area contributed by atoms with Crippen molar-refractivity contribution < 1.29 is 46.6 Å². The highest BCUT2D eigenvalue weighted by atomic mass is 35.5. The number of nitrogens with zero attached hydrogens (tertiary/aromatic N) is 16. The maximum Gasteiger partial charge on any atom is 0.410 e. The molecule has 12 aromatic rings. The van der Waals surface area contributed by atoms with Crippen LogP contribution in [0, 0.1) is 17.5 Å². The van der Waals surface area contributed by atoms with Crippen molar-refractivity contribution in [1.82, 2.24) is 75.1 Å². The van der Waals surface area contributed by atoms with Crippen molar-refractivity contribution in [3.63, 3.8) is 0 Å². The van der Waals surface area contributed by atoms with Gasteiger partial charge in [-0.1, -0.05) is 116 Å². The molecular formula is C94H104ClF3N18O7. The lowest BCUT2D eigenvalue weighted by Crippen LogP contribution is -2.52. The van der Waals surface area contributed by atoms with Crippen molar-refractivity contribution in [3.8, 4) is 0 Å². The molecule has 0 saturated carbocycles. The number of anilines is 3. The molecule has 3 fully saturated rings. The first kappa shape index (κ1) is 89.6. The molecule has 9 heterocycles. The Morgan fingerprint density at radius 2 is 0.805 bits per heavy atom. The molecule has 6 aromatic heterocycles. The fourth-order valence-electron chi connectivity index (χ4n) is 15.0. The van der Waals surface area contributed by atoms with Crippen LogP contribution < -0.4 is 25.3 Å². The summed E-state index contributed by atoms with van der Waals surface area (Å²) in [7, 11) is 0. The largest absolute Gasteiger partial charge is 0.444 e. The number of fused-ring (bicyclic) bond motifs is 3. The number of nitrogens with one attached hydrogen (secondary N) is 2. The minimum atomic E-state index is -0.709. The molecule has 6 aromatic carbocycles. The second-order valence-electron chi connectivity index (χ2n) is 31.8. The molecular weight excluding hydrogens is 1590 g/mol. The Balaban J connectivity index is 0.000000156. The fraction of sp³-hybridized carbons (Fsp3) is 0.340. The Hall–Kier alpha value is -12.7. The van der Waals surface area contributed by atoms with E-state index in [1.54, 1.807) is 90.0 Å². The molecule has 0 unspecified atom stereocenters. The summed E-state index contributed by atoms with van der Waals surface area (Å²) in [5, 5.41) is 9.23. The van der Waals surface area contributed by atoms with Gasteiger partial charge in [-0.2, -0.15) is 0 Å². The average Bonchev–Trinajstić information content (AvgIpc) is 0.789. The number of carbonyl (C=O) groups excluding carboxylic acids is 5. The van der Waals surface area contributed by atoms with E-state index in [1.165, 1.54) is 58.3 Å². The third-order valence-corrected chi connectivity index (χ3v) is 21.2. The Morgan fingerprint density at radius 1 is 0.447 bits per heavy atom. The zero-order chi connectivity index (χ0) is 87.2. The second kappa shape index (κ2) is 42.2. The molecule has 640 valence electrons. The zero-order valence-corrected chi connectivity index (χ0v) is 71.4. The minimum Gasteiger partial charge on any atom is -0.444 e. The van der Waals surface area contributed by atoms with Crippen molar-refractivity contribution in [3.05, 3.63) is 289 Å². The van der Waals surface area contributed by atoms with Crippen molar-refractivity contribution in [1.29, 1.82) is 0 Å². The summed E-state index contributed by atoms with van der Waals surface area (Å²) < 4.78 is 51.4. The van der Waals surface area contributed by atoms with Crippen LogP contribution in [-0.4, -0.2) is 183 Å². The van der Waals surface area contributed by atoms with E-state index in [4.69, 9.17) is 36.0 Å². The van der Waals surface area contributed by atoms with Crippen LogP contribution in [0.25, 0.3) is 32.7 Å². The molecule has 29 heteroatoms. The Morgan fingerprint density at radius 3 is 1.17 bits per heavy atom. The van der Waals surface area contributed by atoms with Gasteiger partial charge in [-0.3, -0.25) is 29.3 Å². The van der Waals surface area contributed by atoms with E-state index >= 15 is 0 Å². The molecule has 2 N–H and O–H groups in total. The van der Waals surface area contributed by atoms with Crippen molar-refractivity contribution in [2.24, 2.45) is 0 Å². The number of hydrogen-bond acceptors (Lipinski definition) is 21. The summed E-state index contributed by atoms with van der Waals surface area (Å²) in [6, 6.07) is 57.6. The fourth-order valence-corrected chi connectivity index (χ4v) is 15.2. The van der Waals surface area contributed by atoms with Crippen molar-refractivity contribution in [2.75, 3.05) is 93.2 Å². The molecule has 0 bridgehead atoms. The van der Waals surface area contributed by atoms with Gasteiger partial charge in [-0.25, -0.2) is 52.7 Å². The van der Waals surface area contributed by atoms with Crippen molar-refractivity contribution in [2.45, 2.75) is 129 Å². The third-order valence-electron chi connectivity index (χ3n) is 21.0. The number of carbonyl (C=O) groups is 5. The number of hydrogen-bond donors (Lipinski definition) is 2. The predicted octanol–water partition coefficient (Wildman–Crippen LogP) is 16.7. The number of ether oxygens (including phenoxy) is 2. The van der Waals surface area contributed by atoms with E-state index in [0.717, 1.165) is 80.9 Å². The number of amides is 4. The first-order chi connectivity index (χ1) is 59.3. The molecule has 0 radical (unpaired) electrons. The van der Waals surface area contributed by atoms with Crippen molar-refractivity contribution >= 4 is 91.4 Å². The summed E-state index contributed by atoms with van der Waals surface area (Å²) >= 11 is 5.50. The maximum atomic E-state index is 14.0. The lowest BCUT2D eigenvalue weighted by atomic mass is 10.00. The standard InChI is InChI=1S/C33H37FN6O3.C28H29FN6O.C17H17N5.C16H21ClFNO3/c1-5-39(32(42)43-33(2,3)4)28(23-13-15-25(34)16-14-23)20-30(41)38-18-19-40(29(22-38)27-12-8-9-17-35-27)31-36-21-24-10-6-7-11-26(24)37-31;1-2-30-25(20-10-12-22(29)13-11-20)17-27(36)34-15-16-35(26(19-34)24-9-5-6-14-31-24)28-32-18-21-7-3-4-8-23(21)33-28;1-2-6-14-13(5-1)11-20-17(21-14)22-10-9-18-12-16(22)15-7-3-4-8-19-15;1-5-19(15(21)22-16(2,3)4)13(10-14(17)20)11-6-8-12(18)9-7-11/h6-17,21,28-29H,5,18-20,22H2,1-4H3;3-14,18,25-26,30H,2,15-17,19H2,1H3;1-8,11,16,18H,9-10,12H2;6-9,13H,5,10H2,1-4H3/t28-,29+;25-,26+;16-;13-/m1101/s1. The lowest BCUT2D eigenvalue weighted by Gasteiger charge is -2.42. The van der Waals surface area contributed by atoms with Gasteiger partial charge in [-0.15, -0.1) is 0 Å². The first-order valence-electron chi connectivity index (χ1n) is 41.4. The molecule has 3 saturated heterocycles. The summed E-state index contributed by atoms with van der Waals surface area (Å²) in [5.41, 5.74) is 6.25. The first-order valence-corrected chi connectivity index (χ1v) is 41.8. The number of para-hydroxylation sites is 3. The van der Waals surface area contributed by atoms with Crippen LogP contribution in [0.2, 0.25) is 0 Å². The van der Waals surface area contributed by atoms with Gasteiger partial charge in [0, 0.05) is 144 Å². The summed E-state index contributed by atoms with van der Waals surface area (Å²) in [5.74, 6) is 0.837. The van der Waals surface area contributed by atoms with Crippen LogP contribution in [-0.2, 0) is 23.9 Å². The van der Waals surface area contributed by atoms with Crippen LogP contribution in [0.4, 0.5) is 40.6 Å². The normalized spacial score (nSPS) is 16.1. The second-order valence-corrected chi connectivity index (χ2v) is 32.2. The number of rotatable bonds is 21. The molecule has 123 heavy (non-hydrogen) atoms. The SMILES string of the molecule is CCN(C(=O)OC(C)(C)C)[C@H](CC(=O)Cl)c1ccc(F)cc1.CCN(C(=O)OC(C)(C)C)[C@H](CC(=O)N1CCN(c2ncc3ccccc3n2)[C@H](c2ccccn2)C1)c1ccc(F)cc1.CCN[C@H](CC(=O)N1CCN(c2ncc3ccccc3n2)[C@H](c2ccccn2)C1)c1ccc(F)cc1.c1ccc([C@@H]2CNCCN2c2ncc3ccccc3n2)nc1. The lowest BCUT2D eigenvalue weighted by molar-refractivity contribution is -0.134. The number of piperazine rings is 3. The molecule has 0 aliphatic carbocycles. The average molecular weight is 1690 g/mol. The number of pyridine rings is 3. The zero-order valence-electron chi connectivity index (χ0n) is 70.6. The molecule has 3 aliphatic rings. The van der Waals surface area contributed by atoms with Gasteiger partial charge >= 0.3 is 12.2 Å². The monoisotopic (exact) mass is 1690 g/mol. The molecule has 3 aliphatic heterocycles. The quantitative estimate of drug-likeness (QED) is 0.0633. The van der Waals surface area contributed by atoms with Gasteiger partial charge in [0.1, 0.15) is 28.7 Å². The highest BCUT2D eigenvalue weighted by Crippen LogP contribution is 2.36. The molecule has 4 amide bonds. The topological polar surface area (TPSA) is 267 Å². The smallest absolute Gasteiger partial charge is 0.410 e. The summed E-state index contributed by atoms with van der Waals surface area (Å²) in [6.45, 7) is 23.2. The van der Waals surface area contributed by atoms with Gasteiger partial charge in [0.15, 0.2) is 0 Å². The van der Waals surface area contributed by atoms with Gasteiger partial charge in [0.2, 0.25) is 34.9 Å². The summed E-state index contributed by atoms with van der Waals surface area (Å²) in [4.78, 5) is 119. The minimum absolute atomic E-state index is 0.0140. The molecule has 25 nitrogen and oxygen atoms in total. The van der Waals surface area contributed by atoms with E-state index < -0.39 is 40.7 Å². The van der Waals surface area contributed by atoms with E-state index in [1.807, 2.05) is 165 Å². The van der Waals surface area contributed by atoms with Crippen LogP contribution in [0.1, 0.15) is 152 Å². The van der Waals surface area contributed by atoms with Crippen LogP contribution in [0.5, 0.6) is 0 Å². The maximum absolute atomic E-state index is 14.0. The predicted molar refractivity (Wildman–Crippen MR) is 471 cm³/mol. The van der Waals surface area contributed by atoms with Gasteiger partial charge < -0.3 is 54.4 Å². The highest BCUT2D eigenvalue weighted by Gasteiger charge is 2.39. The number of benzene rings is 6. The number of aromatic nitrogens is 9. The van der Waals surface area contributed by atoms with Crippen LogP contribution >= 0.6 is 11.6 Å².